The van der Waals surface area contributed by atoms with Crippen LogP contribution < -0.4 is 0 Å². The van der Waals surface area contributed by atoms with Crippen molar-refractivity contribution >= 4 is 33.2 Å². The second-order valence-corrected chi connectivity index (χ2v) is 6.32. The van der Waals surface area contributed by atoms with Crippen LogP contribution in [0.3, 0.4) is 0 Å². The molecule has 0 saturated heterocycles. The minimum atomic E-state index is -0.930. The lowest BCUT2D eigenvalue weighted by Gasteiger charge is -2.16. The number of thiophene rings is 1. The summed E-state index contributed by atoms with van der Waals surface area (Å²) in [5.74, 6) is -1.97. The molecule has 1 aromatic heterocycles. The molecule has 1 heterocycles. The Bertz CT molecular complexity index is 629. The molecule has 2 rings (SSSR count). The van der Waals surface area contributed by atoms with Gasteiger partial charge in [0.15, 0.2) is 11.6 Å². The molecule has 0 spiro atoms. The summed E-state index contributed by atoms with van der Waals surface area (Å²) in [6.45, 7) is 0.499. The number of carbonyl (C=O) groups is 1. The van der Waals surface area contributed by atoms with E-state index in [2.05, 4.69) is 15.9 Å². The fourth-order valence-corrected chi connectivity index (χ4v) is 3.22. The SMILES string of the molecule is CN(Cc1cc(Br)cs1)C(=O)Cc1ccc(F)c(F)c1. The molecule has 106 valence electrons. The molecule has 0 aliphatic carbocycles. The largest absolute Gasteiger partial charge is 0.340 e. The van der Waals surface area contributed by atoms with Crippen LogP contribution >= 0.6 is 27.3 Å². The third-order valence-electron chi connectivity index (χ3n) is 2.78. The van der Waals surface area contributed by atoms with Gasteiger partial charge in [0, 0.05) is 21.8 Å². The summed E-state index contributed by atoms with van der Waals surface area (Å²) in [4.78, 5) is 14.6. The van der Waals surface area contributed by atoms with E-state index in [1.54, 1.807) is 23.3 Å². The van der Waals surface area contributed by atoms with E-state index in [0.717, 1.165) is 21.5 Å². The zero-order valence-electron chi connectivity index (χ0n) is 10.7. The summed E-state index contributed by atoms with van der Waals surface area (Å²) < 4.78 is 26.9. The van der Waals surface area contributed by atoms with Crippen LogP contribution in [-0.2, 0) is 17.8 Å². The van der Waals surface area contributed by atoms with E-state index in [1.165, 1.54) is 6.07 Å². The van der Waals surface area contributed by atoms with Crippen LogP contribution in [0, 0.1) is 11.6 Å². The Hall–Kier alpha value is -1.27. The van der Waals surface area contributed by atoms with Crippen molar-refractivity contribution in [1.82, 2.24) is 4.90 Å². The molecule has 2 aromatic rings. The molecule has 6 heteroatoms. The van der Waals surface area contributed by atoms with E-state index in [9.17, 15) is 13.6 Å². The van der Waals surface area contributed by atoms with Gasteiger partial charge >= 0.3 is 0 Å². The van der Waals surface area contributed by atoms with Gasteiger partial charge in [-0.2, -0.15) is 0 Å². The van der Waals surface area contributed by atoms with Crippen molar-refractivity contribution in [2.75, 3.05) is 7.05 Å². The predicted molar refractivity (Wildman–Crippen MR) is 78.6 cm³/mol. The highest BCUT2D eigenvalue weighted by Crippen LogP contribution is 2.21. The zero-order valence-corrected chi connectivity index (χ0v) is 13.1. The molecule has 0 fully saturated rings. The monoisotopic (exact) mass is 359 g/mol. The lowest BCUT2D eigenvalue weighted by Crippen LogP contribution is -2.27. The predicted octanol–water partition coefficient (Wildman–Crippen LogP) is 3.99. The zero-order chi connectivity index (χ0) is 14.7. The molecule has 0 bridgehead atoms. The van der Waals surface area contributed by atoms with Crippen LogP contribution in [0.1, 0.15) is 10.4 Å². The van der Waals surface area contributed by atoms with Gasteiger partial charge in [-0.25, -0.2) is 8.78 Å². The molecule has 0 aliphatic heterocycles. The van der Waals surface area contributed by atoms with Gasteiger partial charge in [-0.3, -0.25) is 4.79 Å². The number of benzene rings is 1. The van der Waals surface area contributed by atoms with Crippen molar-refractivity contribution in [3.63, 3.8) is 0 Å². The van der Waals surface area contributed by atoms with E-state index < -0.39 is 11.6 Å². The maximum absolute atomic E-state index is 13.1. The second-order valence-electron chi connectivity index (χ2n) is 4.41. The van der Waals surface area contributed by atoms with Crippen molar-refractivity contribution in [2.24, 2.45) is 0 Å². The summed E-state index contributed by atoms with van der Waals surface area (Å²) in [5, 5.41) is 1.95. The average molecular weight is 360 g/mol. The summed E-state index contributed by atoms with van der Waals surface area (Å²) in [6.07, 6.45) is 0.0558. The second kappa shape index (κ2) is 6.45. The first-order chi connectivity index (χ1) is 9.45. The molecule has 0 unspecified atom stereocenters. The smallest absolute Gasteiger partial charge is 0.227 e. The topological polar surface area (TPSA) is 20.3 Å². The summed E-state index contributed by atoms with van der Waals surface area (Å²) in [7, 11) is 1.69. The Morgan fingerprint density at radius 2 is 2.05 bits per heavy atom. The summed E-state index contributed by atoms with van der Waals surface area (Å²) >= 11 is 4.91. The standard InChI is InChI=1S/C14H12BrF2NOS/c1-18(7-11-6-10(15)8-20-11)14(19)5-9-2-3-12(16)13(17)4-9/h2-4,6,8H,5,7H2,1H3. The van der Waals surface area contributed by atoms with Crippen molar-refractivity contribution in [2.45, 2.75) is 13.0 Å². The van der Waals surface area contributed by atoms with Gasteiger partial charge in [0.1, 0.15) is 0 Å². The number of likely N-dealkylation sites (N-methyl/N-ethyl adjacent to an activating group) is 1. The van der Waals surface area contributed by atoms with Crippen molar-refractivity contribution < 1.29 is 13.6 Å². The third-order valence-corrected chi connectivity index (χ3v) is 4.46. The summed E-state index contributed by atoms with van der Waals surface area (Å²) in [5.41, 5.74) is 0.466. The Balaban J connectivity index is 1.98. The first-order valence-electron chi connectivity index (χ1n) is 5.86. The number of nitrogens with zero attached hydrogens (tertiary/aromatic N) is 1. The molecule has 0 aliphatic rings. The van der Waals surface area contributed by atoms with Crippen molar-refractivity contribution in [3.8, 4) is 0 Å². The Morgan fingerprint density at radius 3 is 2.65 bits per heavy atom. The normalized spacial score (nSPS) is 10.6. The molecular formula is C14H12BrF2NOS. The molecule has 1 aromatic carbocycles. The maximum Gasteiger partial charge on any atom is 0.227 e. The summed E-state index contributed by atoms with van der Waals surface area (Å²) in [6, 6.07) is 5.47. The number of hydrogen-bond donors (Lipinski definition) is 0. The van der Waals surface area contributed by atoms with Crippen LogP contribution in [0.4, 0.5) is 8.78 Å². The van der Waals surface area contributed by atoms with Gasteiger partial charge in [-0.05, 0) is 39.7 Å². The number of amides is 1. The molecule has 20 heavy (non-hydrogen) atoms. The number of hydrogen-bond acceptors (Lipinski definition) is 2. The van der Waals surface area contributed by atoms with Crippen LogP contribution in [0.25, 0.3) is 0 Å². The van der Waals surface area contributed by atoms with E-state index in [-0.39, 0.29) is 12.3 Å². The third kappa shape index (κ3) is 3.86. The van der Waals surface area contributed by atoms with Crippen LogP contribution in [0.2, 0.25) is 0 Å². The van der Waals surface area contributed by atoms with Gasteiger partial charge in [-0.1, -0.05) is 6.07 Å². The number of rotatable bonds is 4. The van der Waals surface area contributed by atoms with Crippen molar-refractivity contribution in [3.05, 3.63) is 56.2 Å². The van der Waals surface area contributed by atoms with E-state index in [4.69, 9.17) is 0 Å². The molecule has 0 radical (unpaired) electrons. The number of carbonyl (C=O) groups excluding carboxylic acids is 1. The fourth-order valence-electron chi connectivity index (χ4n) is 1.72. The highest BCUT2D eigenvalue weighted by atomic mass is 79.9. The van der Waals surface area contributed by atoms with E-state index in [1.807, 2.05) is 11.4 Å². The van der Waals surface area contributed by atoms with Crippen molar-refractivity contribution in [1.29, 1.82) is 0 Å². The lowest BCUT2D eigenvalue weighted by molar-refractivity contribution is -0.129. The van der Waals surface area contributed by atoms with Crippen LogP contribution in [-0.4, -0.2) is 17.9 Å². The van der Waals surface area contributed by atoms with Crippen LogP contribution in [0.5, 0.6) is 0 Å². The van der Waals surface area contributed by atoms with Crippen LogP contribution in [0.15, 0.2) is 34.1 Å². The van der Waals surface area contributed by atoms with Gasteiger partial charge in [-0.15, -0.1) is 11.3 Å². The molecular weight excluding hydrogens is 348 g/mol. The van der Waals surface area contributed by atoms with E-state index in [0.29, 0.717) is 12.1 Å². The van der Waals surface area contributed by atoms with Gasteiger partial charge in [0.05, 0.1) is 13.0 Å². The Labute approximate surface area is 128 Å². The fraction of sp³-hybridized carbons (Fsp3) is 0.214. The molecule has 0 atom stereocenters. The highest BCUT2D eigenvalue weighted by molar-refractivity contribution is 9.10. The van der Waals surface area contributed by atoms with Gasteiger partial charge < -0.3 is 4.90 Å². The number of halogens is 3. The van der Waals surface area contributed by atoms with Gasteiger partial charge in [0.25, 0.3) is 0 Å². The first-order valence-corrected chi connectivity index (χ1v) is 7.54. The van der Waals surface area contributed by atoms with E-state index >= 15 is 0 Å². The minimum Gasteiger partial charge on any atom is -0.340 e. The Kier molecular flexibility index (Phi) is 4.88. The molecule has 2 nitrogen and oxygen atoms in total. The average Bonchev–Trinajstić information content (AvgIpc) is 2.79. The Morgan fingerprint density at radius 1 is 1.30 bits per heavy atom. The lowest BCUT2D eigenvalue weighted by atomic mass is 10.1. The molecule has 0 saturated carbocycles. The molecule has 0 N–H and O–H groups in total. The molecule has 1 amide bonds. The first kappa shape index (κ1) is 15.1. The highest BCUT2D eigenvalue weighted by Gasteiger charge is 2.12. The van der Waals surface area contributed by atoms with Gasteiger partial charge in [0.2, 0.25) is 5.91 Å². The quantitative estimate of drug-likeness (QED) is 0.808. The minimum absolute atomic E-state index is 0.0558. The maximum atomic E-state index is 13.1.